The second kappa shape index (κ2) is 8.31. The fourth-order valence-electron chi connectivity index (χ4n) is 3.28. The van der Waals surface area contributed by atoms with E-state index >= 15 is 0 Å². The van der Waals surface area contributed by atoms with Crippen molar-refractivity contribution in [3.05, 3.63) is 54.2 Å². The fourth-order valence-corrected chi connectivity index (χ4v) is 4.64. The van der Waals surface area contributed by atoms with Gasteiger partial charge in [0.2, 0.25) is 0 Å². The highest BCUT2D eigenvalue weighted by Gasteiger charge is 2.40. The van der Waals surface area contributed by atoms with Crippen molar-refractivity contribution in [2.24, 2.45) is 4.99 Å². The summed E-state index contributed by atoms with van der Waals surface area (Å²) in [6, 6.07) is 14.1. The molecule has 1 fully saturated rings. The van der Waals surface area contributed by atoms with Crippen LogP contribution < -0.4 is 5.32 Å². The number of aliphatic imine (C=N–C) groups is 1. The molecule has 0 atom stereocenters. The van der Waals surface area contributed by atoms with E-state index in [1.807, 2.05) is 48.2 Å². The van der Waals surface area contributed by atoms with Crippen molar-refractivity contribution < 1.29 is 8.42 Å². The summed E-state index contributed by atoms with van der Waals surface area (Å²) >= 11 is 0. The summed E-state index contributed by atoms with van der Waals surface area (Å²) in [5.41, 5.74) is 3.08. The molecule has 1 aliphatic rings. The first kappa shape index (κ1) is 20.3. The molecule has 0 spiro atoms. The number of nitrogens with zero attached hydrogens (tertiary/aromatic N) is 3. The number of guanidine groups is 1. The van der Waals surface area contributed by atoms with Crippen LogP contribution >= 0.6 is 0 Å². The summed E-state index contributed by atoms with van der Waals surface area (Å²) in [5.74, 6) is 0.910. The number of nitrogens with one attached hydrogen (secondary N) is 1. The first-order valence-electron chi connectivity index (χ1n) is 9.58. The standard InChI is InChI=1S/C21H28N4O2S/c1-4-22-20(25-12-13-28(26,27)21(2,3)16-25)24-15-17-8-7-9-18(14-17)19-10-5-6-11-23-19/h5-11,14H,4,12-13,15-16H2,1-3H3,(H,22,24). The van der Waals surface area contributed by atoms with Crippen LogP contribution in [-0.2, 0) is 16.4 Å². The monoisotopic (exact) mass is 400 g/mol. The van der Waals surface area contributed by atoms with Crippen molar-refractivity contribution in [3.8, 4) is 11.3 Å². The van der Waals surface area contributed by atoms with Crippen molar-refractivity contribution in [3.63, 3.8) is 0 Å². The van der Waals surface area contributed by atoms with Gasteiger partial charge in [0.15, 0.2) is 15.8 Å². The van der Waals surface area contributed by atoms with E-state index in [-0.39, 0.29) is 5.75 Å². The molecule has 2 aromatic rings. The molecule has 0 radical (unpaired) electrons. The normalized spacial score (nSPS) is 18.7. The second-order valence-corrected chi connectivity index (χ2v) is 10.3. The highest BCUT2D eigenvalue weighted by Crippen LogP contribution is 2.24. The molecule has 1 aromatic heterocycles. The molecule has 2 heterocycles. The molecular weight excluding hydrogens is 372 g/mol. The van der Waals surface area contributed by atoms with Crippen molar-refractivity contribution in [2.75, 3.05) is 25.4 Å². The van der Waals surface area contributed by atoms with E-state index in [0.29, 0.717) is 19.6 Å². The molecule has 7 heteroatoms. The zero-order valence-corrected chi connectivity index (χ0v) is 17.5. The Labute approximate surface area is 167 Å². The lowest BCUT2D eigenvalue weighted by Crippen LogP contribution is -2.57. The lowest BCUT2D eigenvalue weighted by molar-refractivity contribution is 0.353. The number of hydrogen-bond acceptors (Lipinski definition) is 4. The van der Waals surface area contributed by atoms with Crippen LogP contribution in [0.15, 0.2) is 53.7 Å². The van der Waals surface area contributed by atoms with Gasteiger partial charge in [0.05, 0.1) is 22.7 Å². The molecule has 6 nitrogen and oxygen atoms in total. The van der Waals surface area contributed by atoms with Gasteiger partial charge in [-0.1, -0.05) is 24.3 Å². The number of rotatable bonds is 4. The van der Waals surface area contributed by atoms with Crippen LogP contribution in [0.3, 0.4) is 0 Å². The number of pyridine rings is 1. The average Bonchev–Trinajstić information content (AvgIpc) is 2.68. The topological polar surface area (TPSA) is 74.7 Å². The highest BCUT2D eigenvalue weighted by atomic mass is 32.2. The number of benzene rings is 1. The Bertz CT molecular complexity index is 940. The lowest BCUT2D eigenvalue weighted by atomic mass is 10.1. The molecule has 0 aliphatic carbocycles. The van der Waals surface area contributed by atoms with Crippen LogP contribution in [-0.4, -0.2) is 54.4 Å². The molecule has 1 N–H and O–H groups in total. The van der Waals surface area contributed by atoms with E-state index in [1.54, 1.807) is 20.0 Å². The molecule has 150 valence electrons. The summed E-state index contributed by atoms with van der Waals surface area (Å²) in [6.07, 6.45) is 1.79. The van der Waals surface area contributed by atoms with Crippen LogP contribution in [0.1, 0.15) is 26.3 Å². The van der Waals surface area contributed by atoms with Gasteiger partial charge in [-0.15, -0.1) is 0 Å². The minimum absolute atomic E-state index is 0.152. The second-order valence-electron chi connectivity index (χ2n) is 7.59. The van der Waals surface area contributed by atoms with Gasteiger partial charge in [0.25, 0.3) is 0 Å². The molecule has 28 heavy (non-hydrogen) atoms. The first-order chi connectivity index (χ1) is 13.3. The molecule has 0 amide bonds. The van der Waals surface area contributed by atoms with Crippen molar-refractivity contribution in [1.29, 1.82) is 0 Å². The number of aromatic nitrogens is 1. The van der Waals surface area contributed by atoms with E-state index in [4.69, 9.17) is 4.99 Å². The molecule has 1 aromatic carbocycles. The van der Waals surface area contributed by atoms with Crippen molar-refractivity contribution >= 4 is 15.8 Å². The third-order valence-electron chi connectivity index (χ3n) is 4.98. The Kier molecular flexibility index (Phi) is 6.03. The van der Waals surface area contributed by atoms with E-state index in [1.165, 1.54) is 0 Å². The molecule has 1 saturated heterocycles. The molecule has 0 unspecified atom stereocenters. The SMILES string of the molecule is CCNC(=NCc1cccc(-c2ccccn2)c1)N1CCS(=O)(=O)C(C)(C)C1. The fraction of sp³-hybridized carbons (Fsp3) is 0.429. The third kappa shape index (κ3) is 4.52. The Morgan fingerprint density at radius 2 is 2.07 bits per heavy atom. The predicted octanol–water partition coefficient (Wildman–Crippen LogP) is 2.72. The summed E-state index contributed by atoms with van der Waals surface area (Å²) < 4.78 is 23.8. The Balaban J connectivity index is 1.79. The van der Waals surface area contributed by atoms with Crippen LogP contribution in [0.25, 0.3) is 11.3 Å². The van der Waals surface area contributed by atoms with Gasteiger partial charge in [-0.05, 0) is 44.5 Å². The zero-order valence-electron chi connectivity index (χ0n) is 16.7. The summed E-state index contributed by atoms with van der Waals surface area (Å²) in [6.45, 7) is 7.75. The zero-order chi connectivity index (χ0) is 20.2. The maximum atomic E-state index is 12.3. The van der Waals surface area contributed by atoms with Crippen molar-refractivity contribution in [1.82, 2.24) is 15.2 Å². The minimum atomic E-state index is -3.08. The third-order valence-corrected chi connectivity index (χ3v) is 7.51. The molecule has 0 saturated carbocycles. The Hall–Kier alpha value is -2.41. The van der Waals surface area contributed by atoms with Crippen molar-refractivity contribution in [2.45, 2.75) is 32.1 Å². The maximum Gasteiger partial charge on any atom is 0.194 e. The predicted molar refractivity (Wildman–Crippen MR) is 114 cm³/mol. The largest absolute Gasteiger partial charge is 0.357 e. The van der Waals surface area contributed by atoms with Crippen LogP contribution in [0.2, 0.25) is 0 Å². The van der Waals surface area contributed by atoms with Crippen LogP contribution in [0.5, 0.6) is 0 Å². The highest BCUT2D eigenvalue weighted by molar-refractivity contribution is 7.92. The number of hydrogen-bond donors (Lipinski definition) is 1. The van der Waals surface area contributed by atoms with E-state index in [9.17, 15) is 8.42 Å². The van der Waals surface area contributed by atoms with Crippen LogP contribution in [0.4, 0.5) is 0 Å². The van der Waals surface area contributed by atoms with Crippen LogP contribution in [0, 0.1) is 0 Å². The molecule has 1 aliphatic heterocycles. The van der Waals surface area contributed by atoms with Gasteiger partial charge in [-0.2, -0.15) is 0 Å². The van der Waals surface area contributed by atoms with Gasteiger partial charge in [0.1, 0.15) is 0 Å². The number of sulfone groups is 1. The smallest absolute Gasteiger partial charge is 0.194 e. The molecule has 0 bridgehead atoms. The lowest BCUT2D eigenvalue weighted by Gasteiger charge is -2.39. The van der Waals surface area contributed by atoms with Gasteiger partial charge in [-0.3, -0.25) is 4.98 Å². The molecule has 3 rings (SSSR count). The Morgan fingerprint density at radius 3 is 2.75 bits per heavy atom. The average molecular weight is 401 g/mol. The van der Waals surface area contributed by atoms with E-state index in [2.05, 4.69) is 16.4 Å². The summed E-state index contributed by atoms with van der Waals surface area (Å²) in [4.78, 5) is 11.2. The van der Waals surface area contributed by atoms with E-state index < -0.39 is 14.6 Å². The summed E-state index contributed by atoms with van der Waals surface area (Å²) in [5, 5.41) is 3.30. The maximum absolute atomic E-state index is 12.3. The summed E-state index contributed by atoms with van der Waals surface area (Å²) in [7, 11) is -3.08. The van der Waals surface area contributed by atoms with Gasteiger partial charge in [0, 0.05) is 31.4 Å². The Morgan fingerprint density at radius 1 is 1.25 bits per heavy atom. The van der Waals surface area contributed by atoms with Gasteiger partial charge >= 0.3 is 0 Å². The minimum Gasteiger partial charge on any atom is -0.357 e. The quantitative estimate of drug-likeness (QED) is 0.631. The van der Waals surface area contributed by atoms with Gasteiger partial charge < -0.3 is 10.2 Å². The van der Waals surface area contributed by atoms with Gasteiger partial charge in [-0.25, -0.2) is 13.4 Å². The van der Waals surface area contributed by atoms with E-state index in [0.717, 1.165) is 29.3 Å². The molecular formula is C21H28N4O2S. The first-order valence-corrected chi connectivity index (χ1v) is 11.2.